The van der Waals surface area contributed by atoms with Crippen LogP contribution in [0.2, 0.25) is 10.0 Å². The fourth-order valence-corrected chi connectivity index (χ4v) is 4.16. The molecule has 0 bridgehead atoms. The smallest absolute Gasteiger partial charge is 0.163 e. The number of ether oxygens (including phenoxy) is 3. The second-order valence-corrected chi connectivity index (χ2v) is 8.44. The van der Waals surface area contributed by atoms with Gasteiger partial charge < -0.3 is 29.5 Å². The predicted molar refractivity (Wildman–Crippen MR) is 139 cm³/mol. The van der Waals surface area contributed by atoms with Crippen molar-refractivity contribution in [2.75, 3.05) is 52.4 Å². The van der Waals surface area contributed by atoms with Gasteiger partial charge in [-0.25, -0.2) is 0 Å². The molecule has 0 aliphatic carbocycles. The summed E-state index contributed by atoms with van der Waals surface area (Å²) >= 11 is 12.6. The third-order valence-electron chi connectivity index (χ3n) is 5.51. The zero-order valence-corrected chi connectivity index (χ0v) is 21.4. The Hall–Kier alpha value is -2.96. The Morgan fingerprint density at radius 2 is 1.83 bits per heavy atom. The zero-order valence-electron chi connectivity index (χ0n) is 19.9. The van der Waals surface area contributed by atoms with Gasteiger partial charge in [0.2, 0.25) is 0 Å². The van der Waals surface area contributed by atoms with Gasteiger partial charge in [0, 0.05) is 36.8 Å². The van der Waals surface area contributed by atoms with Crippen molar-refractivity contribution in [3.8, 4) is 23.3 Å². The van der Waals surface area contributed by atoms with E-state index in [1.807, 2.05) is 0 Å². The van der Waals surface area contributed by atoms with E-state index in [-0.39, 0.29) is 6.61 Å². The minimum atomic E-state index is 0.133. The molecule has 0 saturated heterocycles. The predicted octanol–water partition coefficient (Wildman–Crippen LogP) is 5.26. The summed E-state index contributed by atoms with van der Waals surface area (Å²) < 4.78 is 16.9. The van der Waals surface area contributed by atoms with Crippen molar-refractivity contribution >= 4 is 45.5 Å². The summed E-state index contributed by atoms with van der Waals surface area (Å²) in [6.45, 7) is 4.99. The first-order chi connectivity index (χ1) is 16.9. The average molecular weight is 519 g/mol. The van der Waals surface area contributed by atoms with Crippen LogP contribution in [-0.2, 0) is 0 Å². The molecule has 1 heterocycles. The van der Waals surface area contributed by atoms with Gasteiger partial charge in [-0.05, 0) is 25.1 Å². The number of rotatable bonds is 12. The Morgan fingerprint density at radius 1 is 1.06 bits per heavy atom. The monoisotopic (exact) mass is 518 g/mol. The van der Waals surface area contributed by atoms with Crippen molar-refractivity contribution in [3.05, 3.63) is 46.1 Å². The van der Waals surface area contributed by atoms with Gasteiger partial charge in [-0.3, -0.25) is 4.98 Å². The van der Waals surface area contributed by atoms with Crippen LogP contribution >= 0.6 is 23.2 Å². The molecule has 0 aliphatic heterocycles. The highest BCUT2D eigenvalue weighted by atomic mass is 35.5. The number of aliphatic hydroxyl groups excluding tert-OH is 1. The van der Waals surface area contributed by atoms with Gasteiger partial charge in [0.25, 0.3) is 0 Å². The van der Waals surface area contributed by atoms with Crippen molar-refractivity contribution in [1.82, 2.24) is 9.88 Å². The summed E-state index contributed by atoms with van der Waals surface area (Å²) in [6.07, 6.45) is 2.29. The van der Waals surface area contributed by atoms with E-state index in [0.29, 0.717) is 68.3 Å². The SMILES string of the molecule is CCN(CCO)CCCOc1cc2ncc(C#N)c(Nc3cc(OC)c(Cl)cc3Cl)c2cc1OC. The van der Waals surface area contributed by atoms with E-state index in [4.69, 9.17) is 42.5 Å². The highest BCUT2D eigenvalue weighted by molar-refractivity contribution is 6.37. The second kappa shape index (κ2) is 12.7. The molecule has 2 aromatic carbocycles. The summed E-state index contributed by atoms with van der Waals surface area (Å²) in [7, 11) is 3.07. The van der Waals surface area contributed by atoms with E-state index in [1.54, 1.807) is 31.4 Å². The normalized spacial score (nSPS) is 10.9. The van der Waals surface area contributed by atoms with Crippen molar-refractivity contribution in [2.24, 2.45) is 0 Å². The van der Waals surface area contributed by atoms with Gasteiger partial charge in [0.15, 0.2) is 11.5 Å². The molecule has 2 N–H and O–H groups in total. The maximum Gasteiger partial charge on any atom is 0.163 e. The van der Waals surface area contributed by atoms with Crippen LogP contribution in [0.15, 0.2) is 30.5 Å². The van der Waals surface area contributed by atoms with Crippen molar-refractivity contribution in [3.63, 3.8) is 0 Å². The molecule has 3 rings (SSSR count). The first kappa shape index (κ1) is 26.6. The Bertz CT molecular complexity index is 1220. The van der Waals surface area contributed by atoms with Crippen molar-refractivity contribution in [1.29, 1.82) is 5.26 Å². The third-order valence-corrected chi connectivity index (χ3v) is 6.12. The van der Waals surface area contributed by atoms with Crippen LogP contribution in [0.4, 0.5) is 11.4 Å². The minimum absolute atomic E-state index is 0.133. The summed E-state index contributed by atoms with van der Waals surface area (Å²) in [5.41, 5.74) is 2.01. The summed E-state index contributed by atoms with van der Waals surface area (Å²) in [4.78, 5) is 6.60. The molecule has 0 amide bonds. The molecule has 0 atom stereocenters. The summed E-state index contributed by atoms with van der Waals surface area (Å²) in [6, 6.07) is 8.98. The van der Waals surface area contributed by atoms with Crippen LogP contribution in [-0.4, -0.2) is 62.1 Å². The molecule has 0 radical (unpaired) electrons. The summed E-state index contributed by atoms with van der Waals surface area (Å²) in [5, 5.41) is 23.5. The maximum absolute atomic E-state index is 9.71. The fraction of sp³-hybridized carbons (Fsp3) is 0.360. The van der Waals surface area contributed by atoms with E-state index < -0.39 is 0 Å². The first-order valence-electron chi connectivity index (χ1n) is 11.1. The highest BCUT2D eigenvalue weighted by Crippen LogP contribution is 2.40. The van der Waals surface area contributed by atoms with Gasteiger partial charge in [0.1, 0.15) is 11.8 Å². The van der Waals surface area contributed by atoms with Crippen LogP contribution in [0.3, 0.4) is 0 Å². The number of aliphatic hydroxyl groups is 1. The average Bonchev–Trinajstić information content (AvgIpc) is 2.86. The lowest BCUT2D eigenvalue weighted by atomic mass is 10.1. The first-order valence-corrected chi connectivity index (χ1v) is 11.9. The van der Waals surface area contributed by atoms with Gasteiger partial charge in [0.05, 0.1) is 59.9 Å². The van der Waals surface area contributed by atoms with E-state index in [1.165, 1.54) is 13.3 Å². The summed E-state index contributed by atoms with van der Waals surface area (Å²) in [5.74, 6) is 1.52. The number of fused-ring (bicyclic) bond motifs is 1. The minimum Gasteiger partial charge on any atom is -0.495 e. The third kappa shape index (κ3) is 6.38. The number of aromatic nitrogens is 1. The molecule has 0 aliphatic rings. The number of nitrogens with one attached hydrogen (secondary N) is 1. The number of halogens is 2. The number of hydrogen-bond donors (Lipinski definition) is 2. The number of benzene rings is 2. The van der Waals surface area contributed by atoms with E-state index in [9.17, 15) is 5.26 Å². The van der Waals surface area contributed by atoms with Crippen LogP contribution in [0.25, 0.3) is 10.9 Å². The number of nitriles is 1. The Morgan fingerprint density at radius 3 is 2.49 bits per heavy atom. The molecular formula is C25H28Cl2N4O4. The van der Waals surface area contributed by atoms with Crippen LogP contribution < -0.4 is 19.5 Å². The maximum atomic E-state index is 9.71. The molecule has 186 valence electrons. The largest absolute Gasteiger partial charge is 0.495 e. The molecular weight excluding hydrogens is 491 g/mol. The van der Waals surface area contributed by atoms with Gasteiger partial charge in [-0.2, -0.15) is 5.26 Å². The molecule has 1 aromatic heterocycles. The van der Waals surface area contributed by atoms with Crippen LogP contribution in [0.5, 0.6) is 17.2 Å². The number of nitrogens with zero attached hydrogens (tertiary/aromatic N) is 3. The molecule has 0 fully saturated rings. The number of methoxy groups -OCH3 is 2. The van der Waals surface area contributed by atoms with E-state index >= 15 is 0 Å². The van der Waals surface area contributed by atoms with Gasteiger partial charge >= 0.3 is 0 Å². The van der Waals surface area contributed by atoms with Crippen LogP contribution in [0.1, 0.15) is 18.9 Å². The Labute approximate surface area is 214 Å². The molecule has 8 nitrogen and oxygen atoms in total. The number of likely N-dealkylation sites (N-methyl/N-ethyl adjacent to an activating group) is 1. The topological polar surface area (TPSA) is 99.9 Å². The second-order valence-electron chi connectivity index (χ2n) is 7.63. The molecule has 0 saturated carbocycles. The molecule has 10 heteroatoms. The Balaban J connectivity index is 1.92. The number of pyridine rings is 1. The molecule has 3 aromatic rings. The Kier molecular flexibility index (Phi) is 9.64. The number of hydrogen-bond acceptors (Lipinski definition) is 8. The molecule has 0 unspecified atom stereocenters. The lowest BCUT2D eigenvalue weighted by molar-refractivity contribution is 0.188. The molecule has 0 spiro atoms. The molecule has 35 heavy (non-hydrogen) atoms. The van der Waals surface area contributed by atoms with Crippen LogP contribution in [0, 0.1) is 11.3 Å². The zero-order chi connectivity index (χ0) is 25.4. The quantitative estimate of drug-likeness (QED) is 0.313. The van der Waals surface area contributed by atoms with E-state index in [2.05, 4.69) is 28.2 Å². The lowest BCUT2D eigenvalue weighted by Gasteiger charge is -2.19. The fourth-order valence-electron chi connectivity index (χ4n) is 3.65. The standard InChI is InChI=1S/C25H28Cl2N4O4/c1-4-31(7-8-32)6-5-9-35-24-12-20-17(10-23(24)34-3)25(16(14-28)15-29-20)30-21-13-22(33-2)19(27)11-18(21)26/h10-13,15,32H,4-9H2,1-3H3,(H,29,30). The lowest BCUT2D eigenvalue weighted by Crippen LogP contribution is -2.28. The van der Waals surface area contributed by atoms with Gasteiger partial charge in [-0.1, -0.05) is 30.1 Å². The van der Waals surface area contributed by atoms with Gasteiger partial charge in [-0.15, -0.1) is 0 Å². The van der Waals surface area contributed by atoms with E-state index in [0.717, 1.165) is 19.5 Å². The number of anilines is 2. The van der Waals surface area contributed by atoms with Crippen molar-refractivity contribution in [2.45, 2.75) is 13.3 Å². The van der Waals surface area contributed by atoms with Crippen molar-refractivity contribution < 1.29 is 19.3 Å². The highest BCUT2D eigenvalue weighted by Gasteiger charge is 2.17.